The van der Waals surface area contributed by atoms with E-state index in [0.29, 0.717) is 0 Å². The van der Waals surface area contributed by atoms with Crippen molar-refractivity contribution in [1.82, 2.24) is 0 Å². The molecule has 0 bridgehead atoms. The van der Waals surface area contributed by atoms with E-state index >= 15 is 0 Å². The van der Waals surface area contributed by atoms with Crippen molar-refractivity contribution in [3.05, 3.63) is 0 Å². The summed E-state index contributed by atoms with van der Waals surface area (Å²) in [5.74, 6) is 2.35. The van der Waals surface area contributed by atoms with E-state index in [2.05, 4.69) is 13.0 Å². The molecular formula is C10H20N2S. The van der Waals surface area contributed by atoms with Crippen molar-refractivity contribution in [2.45, 2.75) is 45.1 Å². The van der Waals surface area contributed by atoms with Gasteiger partial charge in [0, 0.05) is 0 Å². The van der Waals surface area contributed by atoms with Crippen molar-refractivity contribution in [3.8, 4) is 6.07 Å². The minimum absolute atomic E-state index is 0.577. The molecule has 13 heavy (non-hydrogen) atoms. The third-order valence-corrected chi connectivity index (χ3v) is 3.39. The summed E-state index contributed by atoms with van der Waals surface area (Å²) in [6, 6.07) is 2.19. The van der Waals surface area contributed by atoms with Crippen LogP contribution >= 0.6 is 11.8 Å². The molecule has 1 unspecified atom stereocenters. The van der Waals surface area contributed by atoms with Gasteiger partial charge in [-0.2, -0.15) is 17.0 Å². The largest absolute Gasteiger partial charge is 0.313 e. The zero-order chi connectivity index (χ0) is 10.2. The van der Waals surface area contributed by atoms with Crippen LogP contribution in [0.15, 0.2) is 0 Å². The first-order valence-corrected chi connectivity index (χ1v) is 6.12. The van der Waals surface area contributed by atoms with Gasteiger partial charge in [-0.25, -0.2) is 0 Å². The van der Waals surface area contributed by atoms with E-state index in [1.807, 2.05) is 18.7 Å². The van der Waals surface area contributed by atoms with Gasteiger partial charge in [0.15, 0.2) is 0 Å². The van der Waals surface area contributed by atoms with Crippen LogP contribution in [0, 0.1) is 11.3 Å². The van der Waals surface area contributed by atoms with Crippen molar-refractivity contribution in [2.75, 3.05) is 11.5 Å². The lowest BCUT2D eigenvalue weighted by molar-refractivity contribution is 0.478. The van der Waals surface area contributed by atoms with Gasteiger partial charge in [-0.1, -0.05) is 13.8 Å². The minimum Gasteiger partial charge on any atom is -0.313 e. The fourth-order valence-electron chi connectivity index (χ4n) is 1.05. The van der Waals surface area contributed by atoms with Crippen LogP contribution in [0.4, 0.5) is 0 Å². The van der Waals surface area contributed by atoms with Crippen molar-refractivity contribution in [1.29, 1.82) is 5.26 Å². The molecule has 0 saturated carbocycles. The van der Waals surface area contributed by atoms with E-state index in [9.17, 15) is 0 Å². The van der Waals surface area contributed by atoms with E-state index in [1.165, 1.54) is 12.2 Å². The fraction of sp³-hybridized carbons (Fsp3) is 0.900. The van der Waals surface area contributed by atoms with Crippen molar-refractivity contribution in [3.63, 3.8) is 0 Å². The Hall–Kier alpha value is -0.200. The first-order chi connectivity index (χ1) is 6.18. The highest BCUT2D eigenvalue weighted by atomic mass is 32.2. The fourth-order valence-corrected chi connectivity index (χ4v) is 1.89. The van der Waals surface area contributed by atoms with E-state index < -0.39 is 5.54 Å². The maximum atomic E-state index is 8.81. The summed E-state index contributed by atoms with van der Waals surface area (Å²) in [6.07, 6.45) is 3.87. The Labute approximate surface area is 85.9 Å². The molecule has 0 radical (unpaired) electrons. The molecule has 0 rings (SSSR count). The van der Waals surface area contributed by atoms with E-state index in [1.54, 1.807) is 0 Å². The third kappa shape index (κ3) is 5.95. The van der Waals surface area contributed by atoms with Crippen LogP contribution in [-0.4, -0.2) is 17.0 Å². The first kappa shape index (κ1) is 12.8. The van der Waals surface area contributed by atoms with Crippen molar-refractivity contribution in [2.24, 2.45) is 5.73 Å². The first-order valence-electron chi connectivity index (χ1n) is 4.96. The number of hydrogen-bond acceptors (Lipinski definition) is 3. The normalized spacial score (nSPS) is 14.9. The summed E-state index contributed by atoms with van der Waals surface area (Å²) in [7, 11) is 0. The van der Waals surface area contributed by atoms with Gasteiger partial charge in [0.05, 0.1) is 6.07 Å². The zero-order valence-corrected chi connectivity index (χ0v) is 9.49. The molecular weight excluding hydrogens is 180 g/mol. The van der Waals surface area contributed by atoms with Crippen LogP contribution < -0.4 is 5.73 Å². The van der Waals surface area contributed by atoms with Crippen LogP contribution in [0.2, 0.25) is 0 Å². The predicted octanol–water partition coefficient (Wildman–Crippen LogP) is 2.54. The van der Waals surface area contributed by atoms with Gasteiger partial charge in [-0.05, 0) is 37.2 Å². The summed E-state index contributed by atoms with van der Waals surface area (Å²) < 4.78 is 0. The lowest BCUT2D eigenvalue weighted by Gasteiger charge is -2.18. The average Bonchev–Trinajstić information content (AvgIpc) is 2.17. The van der Waals surface area contributed by atoms with Crippen LogP contribution in [-0.2, 0) is 0 Å². The van der Waals surface area contributed by atoms with Gasteiger partial charge in [-0.3, -0.25) is 0 Å². The Kier molecular flexibility index (Phi) is 7.12. The molecule has 0 heterocycles. The second kappa shape index (κ2) is 7.23. The van der Waals surface area contributed by atoms with E-state index in [-0.39, 0.29) is 0 Å². The molecule has 2 N–H and O–H groups in total. The molecule has 0 aromatic carbocycles. The molecule has 0 aliphatic rings. The predicted molar refractivity (Wildman–Crippen MR) is 59.7 cm³/mol. The Balaban J connectivity index is 3.46. The van der Waals surface area contributed by atoms with Gasteiger partial charge >= 0.3 is 0 Å². The minimum atomic E-state index is -0.577. The molecule has 0 aromatic rings. The number of thioether (sulfide) groups is 1. The number of rotatable bonds is 7. The Bertz CT molecular complexity index is 165. The second-order valence-electron chi connectivity index (χ2n) is 3.34. The SMILES string of the molecule is CCCSCCCC(N)(C#N)CC. The van der Waals surface area contributed by atoms with Crippen LogP contribution in [0.5, 0.6) is 0 Å². The third-order valence-electron chi connectivity index (χ3n) is 2.11. The summed E-state index contributed by atoms with van der Waals surface area (Å²) in [5, 5.41) is 8.81. The van der Waals surface area contributed by atoms with Gasteiger partial charge in [-0.15, -0.1) is 0 Å². The van der Waals surface area contributed by atoms with Crippen molar-refractivity contribution >= 4 is 11.8 Å². The molecule has 0 amide bonds. The summed E-state index contributed by atoms with van der Waals surface area (Å²) >= 11 is 1.95. The molecule has 0 saturated heterocycles. The standard InChI is InChI=1S/C10H20N2S/c1-3-7-13-8-5-6-10(12,4-2)9-11/h3-8,12H2,1-2H3. The van der Waals surface area contributed by atoms with Gasteiger partial charge in [0.2, 0.25) is 0 Å². The summed E-state index contributed by atoms with van der Waals surface area (Å²) in [5.41, 5.74) is 5.26. The number of nitrogens with two attached hydrogens (primary N) is 1. The maximum absolute atomic E-state index is 8.81. The van der Waals surface area contributed by atoms with Gasteiger partial charge < -0.3 is 5.73 Å². The second-order valence-corrected chi connectivity index (χ2v) is 4.56. The number of hydrogen-bond donors (Lipinski definition) is 1. The molecule has 0 fully saturated rings. The molecule has 0 aliphatic heterocycles. The van der Waals surface area contributed by atoms with Crippen LogP contribution in [0.3, 0.4) is 0 Å². The topological polar surface area (TPSA) is 49.8 Å². The molecule has 3 heteroatoms. The molecule has 0 spiro atoms. The number of nitriles is 1. The van der Waals surface area contributed by atoms with Crippen LogP contribution in [0.25, 0.3) is 0 Å². The van der Waals surface area contributed by atoms with Gasteiger partial charge in [0.1, 0.15) is 5.54 Å². The molecule has 0 aliphatic carbocycles. The number of nitrogens with zero attached hydrogens (tertiary/aromatic N) is 1. The average molecular weight is 200 g/mol. The maximum Gasteiger partial charge on any atom is 0.104 e. The highest BCUT2D eigenvalue weighted by molar-refractivity contribution is 7.99. The molecule has 76 valence electrons. The Morgan fingerprint density at radius 3 is 2.54 bits per heavy atom. The molecule has 1 atom stereocenters. The molecule has 0 aromatic heterocycles. The monoisotopic (exact) mass is 200 g/mol. The van der Waals surface area contributed by atoms with E-state index in [4.69, 9.17) is 11.0 Å². The highest BCUT2D eigenvalue weighted by Crippen LogP contribution is 2.15. The van der Waals surface area contributed by atoms with E-state index in [0.717, 1.165) is 25.0 Å². The summed E-state index contributed by atoms with van der Waals surface area (Å²) in [4.78, 5) is 0. The van der Waals surface area contributed by atoms with Crippen molar-refractivity contribution < 1.29 is 0 Å². The van der Waals surface area contributed by atoms with Crippen LogP contribution in [0.1, 0.15) is 39.5 Å². The lowest BCUT2D eigenvalue weighted by atomic mass is 9.94. The zero-order valence-electron chi connectivity index (χ0n) is 8.68. The lowest BCUT2D eigenvalue weighted by Crippen LogP contribution is -2.37. The quantitative estimate of drug-likeness (QED) is 0.642. The molecule has 2 nitrogen and oxygen atoms in total. The highest BCUT2D eigenvalue weighted by Gasteiger charge is 2.20. The Morgan fingerprint density at radius 1 is 1.38 bits per heavy atom. The summed E-state index contributed by atoms with van der Waals surface area (Å²) in [6.45, 7) is 4.16. The Morgan fingerprint density at radius 2 is 2.08 bits per heavy atom. The van der Waals surface area contributed by atoms with Gasteiger partial charge in [0.25, 0.3) is 0 Å². The smallest absolute Gasteiger partial charge is 0.104 e.